The van der Waals surface area contributed by atoms with Gasteiger partial charge in [0.05, 0.1) is 0 Å². The van der Waals surface area contributed by atoms with E-state index >= 15 is 0 Å². The molecule has 0 spiro atoms. The SMILES string of the molecule is CC.CC.Cn1nc(C(F)(F)F)cc1C(=O)O. The molecule has 1 aromatic heterocycles. The number of aromatic nitrogens is 2. The molecule has 1 rings (SSSR count). The predicted octanol–water partition coefficient (Wildman–Crippen LogP) is 3.19. The number of alkyl halides is 3. The quantitative estimate of drug-likeness (QED) is 0.837. The highest BCUT2D eigenvalue weighted by Gasteiger charge is 2.35. The minimum Gasteiger partial charge on any atom is -0.477 e. The number of aryl methyl sites for hydroxylation is 1. The monoisotopic (exact) mass is 254 g/mol. The molecule has 0 amide bonds. The van der Waals surface area contributed by atoms with Crippen LogP contribution in [0, 0.1) is 0 Å². The maximum atomic E-state index is 12.0. The standard InChI is InChI=1S/C6H5F3N2O2.2C2H6/c1-11-3(5(12)13)2-4(10-11)6(7,8)9;2*1-2/h2H,1H3,(H,12,13);2*1-2H3. The fraction of sp³-hybridized carbons (Fsp3) is 0.600. The van der Waals surface area contributed by atoms with Gasteiger partial charge in [-0.1, -0.05) is 27.7 Å². The number of carbonyl (C=O) groups is 1. The zero-order valence-electron chi connectivity index (χ0n) is 10.5. The number of carboxylic acids is 1. The Labute approximate surface area is 98.1 Å². The van der Waals surface area contributed by atoms with Crippen LogP contribution in [0.5, 0.6) is 0 Å². The Bertz CT molecular complexity index is 346. The minimum absolute atomic E-state index is 0.488. The van der Waals surface area contributed by atoms with Crippen molar-refractivity contribution < 1.29 is 23.1 Å². The van der Waals surface area contributed by atoms with E-state index in [0.717, 1.165) is 7.05 Å². The van der Waals surface area contributed by atoms with Crippen LogP contribution in [-0.4, -0.2) is 20.9 Å². The van der Waals surface area contributed by atoms with Gasteiger partial charge in [-0.05, 0) is 0 Å². The molecule has 0 fully saturated rings. The van der Waals surface area contributed by atoms with E-state index < -0.39 is 23.5 Å². The van der Waals surface area contributed by atoms with Crippen molar-refractivity contribution in [3.05, 3.63) is 17.5 Å². The van der Waals surface area contributed by atoms with Crippen LogP contribution in [0.15, 0.2) is 6.07 Å². The lowest BCUT2D eigenvalue weighted by molar-refractivity contribution is -0.141. The molecule has 0 atom stereocenters. The van der Waals surface area contributed by atoms with Crippen LogP contribution in [0.4, 0.5) is 13.2 Å². The Hall–Kier alpha value is -1.53. The van der Waals surface area contributed by atoms with Crippen molar-refractivity contribution in [3.63, 3.8) is 0 Å². The summed E-state index contributed by atoms with van der Waals surface area (Å²) < 4.78 is 36.6. The molecule has 7 heteroatoms. The molecule has 0 saturated carbocycles. The van der Waals surface area contributed by atoms with Gasteiger partial charge in [-0.15, -0.1) is 0 Å². The third kappa shape index (κ3) is 5.37. The normalized spacial score (nSPS) is 9.65. The predicted molar refractivity (Wildman–Crippen MR) is 57.9 cm³/mol. The van der Waals surface area contributed by atoms with Crippen LogP contribution in [0.1, 0.15) is 43.9 Å². The van der Waals surface area contributed by atoms with Crippen LogP contribution in [0.25, 0.3) is 0 Å². The maximum Gasteiger partial charge on any atom is 0.435 e. The smallest absolute Gasteiger partial charge is 0.435 e. The summed E-state index contributed by atoms with van der Waals surface area (Å²) in [4.78, 5) is 10.3. The van der Waals surface area contributed by atoms with Crippen LogP contribution < -0.4 is 0 Å². The van der Waals surface area contributed by atoms with Crippen molar-refractivity contribution in [2.45, 2.75) is 33.9 Å². The van der Waals surface area contributed by atoms with Crippen molar-refractivity contribution in [3.8, 4) is 0 Å². The molecule has 0 radical (unpaired) electrons. The van der Waals surface area contributed by atoms with Gasteiger partial charge in [-0.25, -0.2) is 4.79 Å². The number of aromatic carboxylic acids is 1. The maximum absolute atomic E-state index is 12.0. The highest BCUT2D eigenvalue weighted by molar-refractivity contribution is 5.85. The molecule has 1 N–H and O–H groups in total. The number of carboxylic acid groups (broad SMARTS) is 1. The van der Waals surface area contributed by atoms with Gasteiger partial charge in [0.15, 0.2) is 5.69 Å². The fourth-order valence-corrected chi connectivity index (χ4v) is 0.806. The topological polar surface area (TPSA) is 55.1 Å². The Morgan fingerprint density at radius 3 is 1.88 bits per heavy atom. The Morgan fingerprint density at radius 1 is 1.29 bits per heavy atom. The summed E-state index contributed by atoms with van der Waals surface area (Å²) in [5.41, 5.74) is -1.69. The van der Waals surface area contributed by atoms with E-state index in [2.05, 4.69) is 5.10 Å². The molecule has 0 aliphatic heterocycles. The van der Waals surface area contributed by atoms with E-state index in [0.29, 0.717) is 10.7 Å². The highest BCUT2D eigenvalue weighted by atomic mass is 19.4. The summed E-state index contributed by atoms with van der Waals surface area (Å²) in [5, 5.41) is 11.4. The molecule has 0 bridgehead atoms. The first-order valence-corrected chi connectivity index (χ1v) is 5.17. The Kier molecular flexibility index (Phi) is 8.08. The molecule has 17 heavy (non-hydrogen) atoms. The molecular formula is C10H17F3N2O2. The summed E-state index contributed by atoms with van der Waals surface area (Å²) in [5.74, 6) is -1.44. The molecule has 0 aliphatic rings. The Morgan fingerprint density at radius 2 is 1.71 bits per heavy atom. The van der Waals surface area contributed by atoms with Gasteiger partial charge in [0, 0.05) is 13.1 Å². The first kappa shape index (κ1) is 17.9. The number of hydrogen-bond donors (Lipinski definition) is 1. The zero-order chi connectivity index (χ0) is 14.2. The molecule has 0 unspecified atom stereocenters. The minimum atomic E-state index is -4.61. The second-order valence-corrected chi connectivity index (χ2v) is 2.34. The second-order valence-electron chi connectivity index (χ2n) is 2.34. The van der Waals surface area contributed by atoms with Gasteiger partial charge in [0.2, 0.25) is 0 Å². The second kappa shape index (κ2) is 7.70. The van der Waals surface area contributed by atoms with Gasteiger partial charge in [-0.3, -0.25) is 4.68 Å². The number of hydrogen-bond acceptors (Lipinski definition) is 2. The number of halogens is 3. The molecule has 100 valence electrons. The van der Waals surface area contributed by atoms with E-state index in [4.69, 9.17) is 5.11 Å². The molecule has 0 aromatic carbocycles. The van der Waals surface area contributed by atoms with Gasteiger partial charge >= 0.3 is 12.1 Å². The van der Waals surface area contributed by atoms with E-state index in [1.54, 1.807) is 0 Å². The molecule has 0 saturated heterocycles. The molecule has 4 nitrogen and oxygen atoms in total. The van der Waals surface area contributed by atoms with E-state index in [9.17, 15) is 18.0 Å². The van der Waals surface area contributed by atoms with Crippen molar-refractivity contribution in [1.82, 2.24) is 9.78 Å². The third-order valence-electron chi connectivity index (χ3n) is 1.39. The van der Waals surface area contributed by atoms with Gasteiger partial charge in [-0.2, -0.15) is 18.3 Å². The summed E-state index contributed by atoms with van der Waals surface area (Å²) in [6.07, 6.45) is -4.61. The van der Waals surface area contributed by atoms with Crippen LogP contribution in [0.2, 0.25) is 0 Å². The van der Waals surface area contributed by atoms with Gasteiger partial charge in [0.1, 0.15) is 5.69 Å². The van der Waals surface area contributed by atoms with Crippen molar-refractivity contribution in [2.24, 2.45) is 7.05 Å². The fourth-order valence-electron chi connectivity index (χ4n) is 0.806. The molecule has 1 aromatic rings. The third-order valence-corrected chi connectivity index (χ3v) is 1.39. The van der Waals surface area contributed by atoms with Crippen LogP contribution in [0.3, 0.4) is 0 Å². The number of rotatable bonds is 1. The van der Waals surface area contributed by atoms with E-state index in [1.165, 1.54) is 0 Å². The van der Waals surface area contributed by atoms with Crippen molar-refractivity contribution in [1.29, 1.82) is 0 Å². The first-order chi connectivity index (χ1) is 7.82. The van der Waals surface area contributed by atoms with Crippen molar-refractivity contribution in [2.75, 3.05) is 0 Å². The van der Waals surface area contributed by atoms with Crippen molar-refractivity contribution >= 4 is 5.97 Å². The molecular weight excluding hydrogens is 237 g/mol. The molecule has 1 heterocycles. The zero-order valence-corrected chi connectivity index (χ0v) is 10.5. The lowest BCUT2D eigenvalue weighted by Gasteiger charge is -1.98. The van der Waals surface area contributed by atoms with Gasteiger partial charge in [0.25, 0.3) is 0 Å². The van der Waals surface area contributed by atoms with E-state index in [-0.39, 0.29) is 0 Å². The summed E-state index contributed by atoms with van der Waals surface area (Å²) in [6, 6.07) is 0.488. The Balaban J connectivity index is 0. The summed E-state index contributed by atoms with van der Waals surface area (Å²) in [7, 11) is 1.14. The van der Waals surface area contributed by atoms with E-state index in [1.807, 2.05) is 27.7 Å². The lowest BCUT2D eigenvalue weighted by Crippen LogP contribution is -2.07. The highest BCUT2D eigenvalue weighted by Crippen LogP contribution is 2.28. The lowest BCUT2D eigenvalue weighted by atomic mass is 10.3. The largest absolute Gasteiger partial charge is 0.477 e. The average molecular weight is 254 g/mol. The summed E-state index contributed by atoms with van der Waals surface area (Å²) >= 11 is 0. The van der Waals surface area contributed by atoms with Crippen LogP contribution >= 0.6 is 0 Å². The molecule has 0 aliphatic carbocycles. The van der Waals surface area contributed by atoms with Gasteiger partial charge < -0.3 is 5.11 Å². The number of nitrogens with zero attached hydrogens (tertiary/aromatic N) is 2. The first-order valence-electron chi connectivity index (χ1n) is 5.17. The summed E-state index contributed by atoms with van der Waals surface area (Å²) in [6.45, 7) is 8.00. The average Bonchev–Trinajstić information content (AvgIpc) is 2.66. The van der Waals surface area contributed by atoms with Crippen LogP contribution in [-0.2, 0) is 13.2 Å².